The van der Waals surface area contributed by atoms with Gasteiger partial charge in [0.15, 0.2) is 5.65 Å². The Morgan fingerprint density at radius 1 is 1.13 bits per heavy atom. The normalized spacial score (nSPS) is 17.5. The fourth-order valence-electron chi connectivity index (χ4n) is 3.64. The first-order valence-corrected chi connectivity index (χ1v) is 10.7. The van der Waals surface area contributed by atoms with Gasteiger partial charge in [-0.2, -0.15) is 5.10 Å². The number of piperidine rings is 1. The third-order valence-corrected chi connectivity index (χ3v) is 4.84. The van der Waals surface area contributed by atoms with Gasteiger partial charge in [0.25, 0.3) is 0 Å². The maximum atomic E-state index is 12.6. The Morgan fingerprint density at radius 2 is 1.81 bits per heavy atom. The molecule has 1 atom stereocenters. The van der Waals surface area contributed by atoms with E-state index in [-0.39, 0.29) is 12.0 Å². The number of anilines is 1. The fraction of sp³-hybridized carbons (Fsp3) is 0.636. The molecule has 1 unspecified atom stereocenters. The first-order valence-electron chi connectivity index (χ1n) is 10.7. The molecule has 3 rings (SSSR count). The van der Waals surface area contributed by atoms with Gasteiger partial charge in [-0.1, -0.05) is 0 Å². The Morgan fingerprint density at radius 3 is 2.45 bits per heavy atom. The van der Waals surface area contributed by atoms with Crippen LogP contribution >= 0.6 is 0 Å². The number of rotatable bonds is 2. The largest absolute Gasteiger partial charge is 0.444 e. The van der Waals surface area contributed by atoms with Gasteiger partial charge < -0.3 is 14.4 Å². The molecule has 170 valence electrons. The highest BCUT2D eigenvalue weighted by molar-refractivity contribution is 5.90. The van der Waals surface area contributed by atoms with E-state index in [4.69, 9.17) is 9.47 Å². The second-order valence-corrected chi connectivity index (χ2v) is 9.96. The lowest BCUT2D eigenvalue weighted by Gasteiger charge is -2.34. The first-order chi connectivity index (χ1) is 14.3. The average Bonchev–Trinajstić information content (AvgIpc) is 2.94. The van der Waals surface area contributed by atoms with E-state index in [0.717, 1.165) is 18.5 Å². The van der Waals surface area contributed by atoms with Crippen molar-refractivity contribution in [3.8, 4) is 0 Å². The Hall–Kier alpha value is -2.84. The summed E-state index contributed by atoms with van der Waals surface area (Å²) in [5.74, 6) is 0.0837. The number of hydrogen-bond donors (Lipinski definition) is 1. The number of likely N-dealkylation sites (tertiary alicyclic amines) is 1. The van der Waals surface area contributed by atoms with Crippen LogP contribution in [0.1, 0.15) is 71.7 Å². The number of amides is 2. The van der Waals surface area contributed by atoms with Crippen molar-refractivity contribution in [2.45, 2.75) is 78.4 Å². The molecule has 31 heavy (non-hydrogen) atoms. The van der Waals surface area contributed by atoms with Gasteiger partial charge in [-0.25, -0.2) is 19.1 Å². The molecule has 9 heteroatoms. The van der Waals surface area contributed by atoms with Crippen molar-refractivity contribution in [3.63, 3.8) is 0 Å². The number of fused-ring (bicyclic) bond motifs is 1. The fourth-order valence-corrected chi connectivity index (χ4v) is 3.64. The second kappa shape index (κ2) is 8.36. The monoisotopic (exact) mass is 431 g/mol. The summed E-state index contributed by atoms with van der Waals surface area (Å²) < 4.78 is 12.7. The van der Waals surface area contributed by atoms with E-state index in [9.17, 15) is 9.59 Å². The topological polar surface area (TPSA) is 98.1 Å². The predicted octanol–water partition coefficient (Wildman–Crippen LogP) is 4.50. The summed E-state index contributed by atoms with van der Waals surface area (Å²) in [6, 6.07) is 1.92. The van der Waals surface area contributed by atoms with Crippen molar-refractivity contribution >= 4 is 23.5 Å². The highest BCUT2D eigenvalue weighted by atomic mass is 16.6. The molecule has 0 aromatic carbocycles. The molecule has 1 aliphatic heterocycles. The molecule has 1 fully saturated rings. The standard InChI is InChI=1S/C22H33N5O4/c1-14-17(24-19(28)30-21(2,3)4)18-23-11-10-16(27(18)25-14)15-9-8-12-26(13-15)20(29)31-22(5,6)7/h10-11,15H,8-9,12-13H2,1-7H3,(H,24,28). The molecular formula is C22H33N5O4. The Kier molecular flexibility index (Phi) is 6.16. The van der Waals surface area contributed by atoms with Crippen molar-refractivity contribution in [2.75, 3.05) is 18.4 Å². The number of carbonyl (C=O) groups is 2. The van der Waals surface area contributed by atoms with E-state index in [0.29, 0.717) is 30.1 Å². The summed E-state index contributed by atoms with van der Waals surface area (Å²) in [7, 11) is 0. The van der Waals surface area contributed by atoms with Gasteiger partial charge in [-0.05, 0) is 67.4 Å². The molecule has 0 saturated carbocycles. The highest BCUT2D eigenvalue weighted by Crippen LogP contribution is 2.30. The third kappa shape index (κ3) is 5.65. The number of carbonyl (C=O) groups excluding carboxylic acids is 2. The Bertz CT molecular complexity index is 971. The van der Waals surface area contributed by atoms with Gasteiger partial charge in [0, 0.05) is 25.2 Å². The summed E-state index contributed by atoms with van der Waals surface area (Å²) in [6.45, 7) is 14.1. The Labute approximate surface area is 183 Å². The summed E-state index contributed by atoms with van der Waals surface area (Å²) in [4.78, 5) is 31.0. The lowest BCUT2D eigenvalue weighted by atomic mass is 9.95. The van der Waals surface area contributed by atoms with Crippen LogP contribution in [0.15, 0.2) is 12.3 Å². The highest BCUT2D eigenvalue weighted by Gasteiger charge is 2.30. The van der Waals surface area contributed by atoms with E-state index in [1.165, 1.54) is 0 Å². The number of nitrogens with one attached hydrogen (secondary N) is 1. The average molecular weight is 432 g/mol. The molecule has 1 saturated heterocycles. The summed E-state index contributed by atoms with van der Waals surface area (Å²) in [5, 5.41) is 7.40. The van der Waals surface area contributed by atoms with Gasteiger partial charge in [0.05, 0.1) is 11.4 Å². The predicted molar refractivity (Wildman–Crippen MR) is 117 cm³/mol. The van der Waals surface area contributed by atoms with E-state index < -0.39 is 17.3 Å². The molecule has 3 heterocycles. The van der Waals surface area contributed by atoms with Gasteiger partial charge >= 0.3 is 12.2 Å². The minimum atomic E-state index is -0.604. The van der Waals surface area contributed by atoms with Crippen molar-refractivity contribution in [3.05, 3.63) is 23.7 Å². The van der Waals surface area contributed by atoms with Crippen LogP contribution in [-0.2, 0) is 9.47 Å². The van der Waals surface area contributed by atoms with Crippen LogP contribution in [0.4, 0.5) is 15.3 Å². The van der Waals surface area contributed by atoms with Gasteiger partial charge in [-0.3, -0.25) is 5.32 Å². The molecule has 0 aliphatic carbocycles. The quantitative estimate of drug-likeness (QED) is 0.752. The maximum absolute atomic E-state index is 12.6. The van der Waals surface area contributed by atoms with E-state index in [1.807, 2.05) is 54.5 Å². The summed E-state index contributed by atoms with van der Waals surface area (Å²) in [6.07, 6.45) is 2.65. The van der Waals surface area contributed by atoms with Crippen LogP contribution in [0.25, 0.3) is 5.65 Å². The second-order valence-electron chi connectivity index (χ2n) is 9.96. The molecule has 0 radical (unpaired) electrons. The van der Waals surface area contributed by atoms with Crippen molar-refractivity contribution in [2.24, 2.45) is 0 Å². The van der Waals surface area contributed by atoms with Gasteiger partial charge in [-0.15, -0.1) is 0 Å². The molecular weight excluding hydrogens is 398 g/mol. The van der Waals surface area contributed by atoms with Gasteiger partial charge in [0.2, 0.25) is 0 Å². The van der Waals surface area contributed by atoms with Crippen LogP contribution in [0, 0.1) is 6.92 Å². The third-order valence-electron chi connectivity index (χ3n) is 4.84. The van der Waals surface area contributed by atoms with Crippen LogP contribution in [-0.4, -0.2) is 56.0 Å². The lowest BCUT2D eigenvalue weighted by molar-refractivity contribution is 0.0196. The molecule has 2 aromatic rings. The lowest BCUT2D eigenvalue weighted by Crippen LogP contribution is -2.42. The maximum Gasteiger partial charge on any atom is 0.412 e. The van der Waals surface area contributed by atoms with E-state index in [2.05, 4.69) is 15.4 Å². The molecule has 1 aliphatic rings. The number of hydrogen-bond acceptors (Lipinski definition) is 6. The van der Waals surface area contributed by atoms with Crippen LogP contribution < -0.4 is 5.32 Å². The summed E-state index contributed by atoms with van der Waals surface area (Å²) in [5.41, 5.74) is 1.53. The van der Waals surface area contributed by atoms with Crippen LogP contribution in [0.5, 0.6) is 0 Å². The molecule has 0 spiro atoms. The smallest absolute Gasteiger partial charge is 0.412 e. The van der Waals surface area contributed by atoms with Gasteiger partial charge in [0.1, 0.15) is 16.9 Å². The minimum absolute atomic E-state index is 0.0837. The summed E-state index contributed by atoms with van der Waals surface area (Å²) >= 11 is 0. The molecule has 2 aromatic heterocycles. The number of ether oxygens (including phenoxy) is 2. The van der Waals surface area contributed by atoms with Crippen molar-refractivity contribution in [1.82, 2.24) is 19.5 Å². The number of aryl methyl sites for hydroxylation is 1. The number of aromatic nitrogens is 3. The Balaban J connectivity index is 1.85. The van der Waals surface area contributed by atoms with Crippen LogP contribution in [0.3, 0.4) is 0 Å². The zero-order valence-corrected chi connectivity index (χ0v) is 19.5. The van der Waals surface area contributed by atoms with Crippen molar-refractivity contribution in [1.29, 1.82) is 0 Å². The SMILES string of the molecule is Cc1nn2c(C3CCCN(C(=O)OC(C)(C)C)C3)ccnc2c1NC(=O)OC(C)(C)C. The zero-order valence-electron chi connectivity index (χ0n) is 19.5. The van der Waals surface area contributed by atoms with Crippen molar-refractivity contribution < 1.29 is 19.1 Å². The molecule has 9 nitrogen and oxygen atoms in total. The van der Waals surface area contributed by atoms with Crippen LogP contribution in [0.2, 0.25) is 0 Å². The van der Waals surface area contributed by atoms with E-state index >= 15 is 0 Å². The molecule has 0 bridgehead atoms. The molecule has 2 amide bonds. The van der Waals surface area contributed by atoms with E-state index in [1.54, 1.807) is 15.6 Å². The molecule has 1 N–H and O–H groups in total. The first kappa shape index (κ1) is 22.8. The number of nitrogens with zero attached hydrogens (tertiary/aromatic N) is 4. The zero-order chi connectivity index (χ0) is 23.0. The minimum Gasteiger partial charge on any atom is -0.444 e.